The second-order valence-corrected chi connectivity index (χ2v) is 11.6. The van der Waals surface area contributed by atoms with Crippen LogP contribution in [0.3, 0.4) is 0 Å². The minimum absolute atomic E-state index is 0.646. The van der Waals surface area contributed by atoms with Gasteiger partial charge in [-0.25, -0.2) is 0 Å². The molecule has 8 unspecified atom stereocenters. The maximum atomic E-state index is 4.15. The van der Waals surface area contributed by atoms with Gasteiger partial charge in [0, 0.05) is 0 Å². The summed E-state index contributed by atoms with van der Waals surface area (Å²) in [6.07, 6.45) is 18.0. The maximum Gasteiger partial charge on any atom is -0.0264 e. The highest BCUT2D eigenvalue weighted by molar-refractivity contribution is 5.09. The van der Waals surface area contributed by atoms with E-state index in [9.17, 15) is 0 Å². The molecule has 0 heteroatoms. The zero-order valence-electron chi connectivity index (χ0n) is 18.2. The summed E-state index contributed by atoms with van der Waals surface area (Å²) in [5.41, 5.74) is 2.73. The fourth-order valence-corrected chi connectivity index (χ4v) is 8.95. The minimum atomic E-state index is 0.646. The van der Waals surface area contributed by atoms with E-state index in [0.717, 1.165) is 35.5 Å². The topological polar surface area (TPSA) is 0 Å². The summed E-state index contributed by atoms with van der Waals surface area (Å²) in [4.78, 5) is 0. The van der Waals surface area contributed by atoms with Crippen molar-refractivity contribution in [2.24, 2.45) is 46.3 Å². The molecule has 0 aromatic rings. The van der Waals surface area contributed by atoms with Gasteiger partial charge in [-0.2, -0.15) is 0 Å². The molecule has 0 spiro atoms. The van der Waals surface area contributed by atoms with Crippen LogP contribution in [0.4, 0.5) is 0 Å². The van der Waals surface area contributed by atoms with Crippen LogP contribution >= 0.6 is 0 Å². The van der Waals surface area contributed by atoms with Crippen LogP contribution in [0.2, 0.25) is 0 Å². The van der Waals surface area contributed by atoms with E-state index in [2.05, 4.69) is 34.3 Å². The van der Waals surface area contributed by atoms with Gasteiger partial charge in [0.05, 0.1) is 0 Å². The van der Waals surface area contributed by atoms with E-state index in [4.69, 9.17) is 0 Å². The molecule has 0 aliphatic heterocycles. The number of allylic oxidation sites excluding steroid dienone is 1. The summed E-state index contributed by atoms with van der Waals surface area (Å²) in [5.74, 6) is 6.09. The van der Waals surface area contributed by atoms with Crippen molar-refractivity contribution < 1.29 is 0 Å². The fourth-order valence-electron chi connectivity index (χ4n) is 8.95. The van der Waals surface area contributed by atoms with Gasteiger partial charge in [0.1, 0.15) is 0 Å². The molecule has 0 radical (unpaired) electrons. The first-order valence-corrected chi connectivity index (χ1v) is 12.0. The van der Waals surface area contributed by atoms with Crippen molar-refractivity contribution >= 4 is 0 Å². The van der Waals surface area contributed by atoms with Crippen LogP contribution in [-0.4, -0.2) is 0 Å². The van der Waals surface area contributed by atoms with Gasteiger partial charge in [-0.15, -0.1) is 6.58 Å². The molecular formula is C26H44. The summed E-state index contributed by atoms with van der Waals surface area (Å²) >= 11 is 0. The Labute approximate surface area is 163 Å². The molecule has 4 fully saturated rings. The third-order valence-corrected chi connectivity index (χ3v) is 10.4. The van der Waals surface area contributed by atoms with Crippen LogP contribution in [0, 0.1) is 46.3 Å². The molecule has 0 amide bonds. The molecule has 0 saturated heterocycles. The van der Waals surface area contributed by atoms with Gasteiger partial charge >= 0.3 is 0 Å². The average Bonchev–Trinajstić information content (AvgIpc) is 2.96. The van der Waals surface area contributed by atoms with E-state index in [1.165, 1.54) is 44.1 Å². The van der Waals surface area contributed by atoms with Crippen LogP contribution in [0.5, 0.6) is 0 Å². The van der Waals surface area contributed by atoms with Crippen molar-refractivity contribution in [2.45, 2.75) is 105 Å². The third-order valence-electron chi connectivity index (χ3n) is 10.4. The van der Waals surface area contributed by atoms with Crippen molar-refractivity contribution in [1.29, 1.82) is 0 Å². The van der Waals surface area contributed by atoms with Gasteiger partial charge in [0.2, 0.25) is 0 Å². The average molecular weight is 357 g/mol. The van der Waals surface area contributed by atoms with E-state index < -0.39 is 0 Å². The van der Waals surface area contributed by atoms with Crippen molar-refractivity contribution in [3.63, 3.8) is 0 Å². The minimum Gasteiger partial charge on any atom is -0.100 e. The molecule has 0 bridgehead atoms. The number of hydrogen-bond donors (Lipinski definition) is 0. The van der Waals surface area contributed by atoms with E-state index >= 15 is 0 Å². The van der Waals surface area contributed by atoms with Crippen LogP contribution in [0.25, 0.3) is 0 Å². The molecule has 4 rings (SSSR count). The lowest BCUT2D eigenvalue weighted by Crippen LogP contribution is -2.53. The Morgan fingerprint density at radius 1 is 0.923 bits per heavy atom. The Kier molecular flexibility index (Phi) is 5.11. The van der Waals surface area contributed by atoms with Crippen molar-refractivity contribution in [3.05, 3.63) is 12.2 Å². The zero-order valence-corrected chi connectivity index (χ0v) is 18.2. The molecule has 4 saturated carbocycles. The zero-order chi connectivity index (χ0) is 18.5. The highest BCUT2D eigenvalue weighted by Gasteiger charge is 2.59. The van der Waals surface area contributed by atoms with E-state index in [1.54, 1.807) is 38.5 Å². The third kappa shape index (κ3) is 2.93. The number of fused-ring (bicyclic) bond motifs is 5. The lowest BCUT2D eigenvalue weighted by Gasteiger charge is -2.61. The monoisotopic (exact) mass is 356 g/mol. The molecule has 0 aromatic carbocycles. The standard InChI is InChI=1S/C26H44/c1-18(2)9-10-19(3)22-13-14-23-21-12-11-20-8-6-7-16-25(20,4)24(21)15-17-26(22,23)5/h19-24H,1,6-17H2,2-5H3. The quantitative estimate of drug-likeness (QED) is 0.447. The Morgan fingerprint density at radius 2 is 1.69 bits per heavy atom. The largest absolute Gasteiger partial charge is 0.100 e. The number of hydrogen-bond acceptors (Lipinski definition) is 0. The summed E-state index contributed by atoms with van der Waals surface area (Å²) < 4.78 is 0. The maximum absolute atomic E-state index is 4.15. The van der Waals surface area contributed by atoms with Gasteiger partial charge in [-0.1, -0.05) is 39.2 Å². The second kappa shape index (κ2) is 6.97. The summed E-state index contributed by atoms with van der Waals surface area (Å²) in [5, 5.41) is 0. The molecule has 4 aliphatic rings. The second-order valence-electron chi connectivity index (χ2n) is 11.6. The fraction of sp³-hybridized carbons (Fsp3) is 0.923. The highest BCUT2D eigenvalue weighted by Crippen LogP contribution is 2.68. The lowest BCUT2D eigenvalue weighted by atomic mass is 9.44. The Morgan fingerprint density at radius 3 is 2.46 bits per heavy atom. The molecule has 0 N–H and O–H groups in total. The molecule has 26 heavy (non-hydrogen) atoms. The number of rotatable bonds is 4. The predicted octanol–water partition coefficient (Wildman–Crippen LogP) is 8.03. The summed E-state index contributed by atoms with van der Waals surface area (Å²) in [7, 11) is 0. The van der Waals surface area contributed by atoms with E-state index in [0.29, 0.717) is 10.8 Å². The van der Waals surface area contributed by atoms with Crippen LogP contribution in [0.15, 0.2) is 12.2 Å². The molecule has 0 aromatic heterocycles. The molecule has 0 nitrogen and oxygen atoms in total. The van der Waals surface area contributed by atoms with Crippen LogP contribution < -0.4 is 0 Å². The SMILES string of the molecule is C=C(C)CCC(C)C1CCC2C3CCC4CCCCC4(C)C3CCC12C. The summed E-state index contributed by atoms with van der Waals surface area (Å²) in [6.45, 7) is 14.4. The van der Waals surface area contributed by atoms with Crippen LogP contribution in [0.1, 0.15) is 105 Å². The first-order chi connectivity index (χ1) is 12.4. The van der Waals surface area contributed by atoms with E-state index in [1.807, 2.05) is 0 Å². The molecule has 0 heterocycles. The van der Waals surface area contributed by atoms with Crippen molar-refractivity contribution in [1.82, 2.24) is 0 Å². The van der Waals surface area contributed by atoms with E-state index in [-0.39, 0.29) is 0 Å². The normalized spacial score (nSPS) is 49.0. The van der Waals surface area contributed by atoms with Crippen LogP contribution in [-0.2, 0) is 0 Å². The summed E-state index contributed by atoms with van der Waals surface area (Å²) in [6, 6.07) is 0. The first-order valence-electron chi connectivity index (χ1n) is 12.0. The Hall–Kier alpha value is -0.260. The lowest BCUT2D eigenvalue weighted by molar-refractivity contribution is -0.114. The van der Waals surface area contributed by atoms with Crippen molar-refractivity contribution in [2.75, 3.05) is 0 Å². The molecule has 148 valence electrons. The van der Waals surface area contributed by atoms with Gasteiger partial charge in [0.25, 0.3) is 0 Å². The van der Waals surface area contributed by atoms with Gasteiger partial charge in [0.15, 0.2) is 0 Å². The Balaban J connectivity index is 1.52. The van der Waals surface area contributed by atoms with Gasteiger partial charge in [-0.05, 0) is 117 Å². The molecular weight excluding hydrogens is 312 g/mol. The predicted molar refractivity (Wildman–Crippen MR) is 113 cm³/mol. The first kappa shape index (κ1) is 19.1. The Bertz CT molecular complexity index is 532. The molecule has 4 aliphatic carbocycles. The molecule has 8 atom stereocenters. The smallest absolute Gasteiger partial charge is 0.0264 e. The van der Waals surface area contributed by atoms with Crippen molar-refractivity contribution in [3.8, 4) is 0 Å². The highest BCUT2D eigenvalue weighted by atomic mass is 14.6. The van der Waals surface area contributed by atoms with Gasteiger partial charge < -0.3 is 0 Å². The van der Waals surface area contributed by atoms with Gasteiger partial charge in [-0.3, -0.25) is 0 Å².